The average molecular weight is 460 g/mol. The van der Waals surface area contributed by atoms with Gasteiger partial charge >= 0.3 is 18.6 Å². The third-order valence-electron chi connectivity index (χ3n) is 4.82. The molecule has 2 atom stereocenters. The van der Waals surface area contributed by atoms with Crippen molar-refractivity contribution in [1.29, 1.82) is 0 Å². The Morgan fingerprint density at radius 3 is 2.31 bits per heavy atom. The largest absolute Gasteiger partial charge is 0.461 e. The maximum absolute atomic E-state index is 14.1. The van der Waals surface area contributed by atoms with Crippen molar-refractivity contribution in [3.63, 3.8) is 0 Å². The molecule has 172 valence electrons. The number of nitrogens with one attached hydrogen (secondary N) is 2. The van der Waals surface area contributed by atoms with Crippen molar-refractivity contribution >= 4 is 11.8 Å². The van der Waals surface area contributed by atoms with Gasteiger partial charge in [-0.25, -0.2) is 13.6 Å². The summed E-state index contributed by atoms with van der Waals surface area (Å²) in [4.78, 5) is 24.2. The maximum Gasteiger partial charge on any atom is 0.461 e. The standard InChI is InChI=1S/C21H18F6N2O3/c22-13-6-4-11(5-7-13)18(29-20(31)28-16-2-1-3-17(16)30)12-8-14(23)10-15(9-12)32-21(26,27)19(24)25/h4-10,16,18-19H,1-3H2,(H2,28,29,31)/t16-,18-/m1/s1. The molecule has 32 heavy (non-hydrogen) atoms. The third-order valence-corrected chi connectivity index (χ3v) is 4.82. The molecule has 1 fully saturated rings. The zero-order chi connectivity index (χ0) is 23.5. The first kappa shape index (κ1) is 23.4. The number of carbonyl (C=O) groups is 2. The molecule has 2 aromatic rings. The van der Waals surface area contributed by atoms with E-state index in [0.717, 1.165) is 24.3 Å². The van der Waals surface area contributed by atoms with Crippen molar-refractivity contribution in [2.75, 3.05) is 0 Å². The molecule has 0 saturated heterocycles. The summed E-state index contributed by atoms with van der Waals surface area (Å²) in [6, 6.07) is 4.14. The number of carbonyl (C=O) groups excluding carboxylic acids is 2. The molecule has 0 aliphatic heterocycles. The summed E-state index contributed by atoms with van der Waals surface area (Å²) < 4.78 is 82.9. The minimum absolute atomic E-state index is 0.135. The van der Waals surface area contributed by atoms with Crippen LogP contribution >= 0.6 is 0 Å². The van der Waals surface area contributed by atoms with Crippen LogP contribution in [0.2, 0.25) is 0 Å². The van der Waals surface area contributed by atoms with Gasteiger partial charge in [0.2, 0.25) is 0 Å². The van der Waals surface area contributed by atoms with Gasteiger partial charge in [-0.05, 0) is 48.2 Å². The lowest BCUT2D eigenvalue weighted by Gasteiger charge is -2.23. The Balaban J connectivity index is 1.91. The van der Waals surface area contributed by atoms with E-state index in [9.17, 15) is 35.9 Å². The molecule has 2 N–H and O–H groups in total. The van der Waals surface area contributed by atoms with E-state index < -0.39 is 48.0 Å². The number of ether oxygens (including phenoxy) is 1. The Hall–Kier alpha value is -3.24. The van der Waals surface area contributed by atoms with Gasteiger partial charge in [0.25, 0.3) is 0 Å². The summed E-state index contributed by atoms with van der Waals surface area (Å²) in [5.74, 6) is -2.75. The fourth-order valence-electron chi connectivity index (χ4n) is 3.33. The molecule has 0 spiro atoms. The Morgan fingerprint density at radius 1 is 1.03 bits per heavy atom. The number of hydrogen-bond donors (Lipinski definition) is 2. The van der Waals surface area contributed by atoms with E-state index in [2.05, 4.69) is 15.4 Å². The van der Waals surface area contributed by atoms with Crippen LogP contribution in [0.4, 0.5) is 31.1 Å². The zero-order valence-electron chi connectivity index (χ0n) is 16.4. The van der Waals surface area contributed by atoms with E-state index in [1.165, 1.54) is 12.1 Å². The number of Topliss-reactive ketones (excluding diaryl/α,β-unsaturated/α-hetero) is 1. The molecule has 0 radical (unpaired) electrons. The number of urea groups is 1. The molecule has 2 amide bonds. The first-order chi connectivity index (χ1) is 15.0. The van der Waals surface area contributed by atoms with Crippen molar-refractivity contribution in [2.24, 2.45) is 0 Å². The predicted molar refractivity (Wildman–Crippen MR) is 101 cm³/mol. The van der Waals surface area contributed by atoms with Crippen LogP contribution in [0.25, 0.3) is 0 Å². The number of benzene rings is 2. The lowest BCUT2D eigenvalue weighted by molar-refractivity contribution is -0.253. The molecular weight excluding hydrogens is 442 g/mol. The fourth-order valence-corrected chi connectivity index (χ4v) is 3.33. The molecule has 0 unspecified atom stereocenters. The highest BCUT2D eigenvalue weighted by molar-refractivity contribution is 5.90. The first-order valence-corrected chi connectivity index (χ1v) is 9.56. The lowest BCUT2D eigenvalue weighted by atomic mass is 9.98. The normalized spacial score (nSPS) is 17.3. The average Bonchev–Trinajstić information content (AvgIpc) is 3.10. The highest BCUT2D eigenvalue weighted by Gasteiger charge is 2.44. The van der Waals surface area contributed by atoms with Gasteiger partial charge in [0, 0.05) is 12.5 Å². The number of alkyl halides is 4. The van der Waals surface area contributed by atoms with Gasteiger partial charge in [0.15, 0.2) is 5.78 Å². The van der Waals surface area contributed by atoms with Gasteiger partial charge in [0.1, 0.15) is 17.4 Å². The molecule has 0 bridgehead atoms. The molecular formula is C21H18F6N2O3. The number of hydrogen-bond acceptors (Lipinski definition) is 3. The Bertz CT molecular complexity index is 984. The number of halogens is 6. The van der Waals surface area contributed by atoms with Gasteiger partial charge in [-0.3, -0.25) is 4.79 Å². The molecule has 1 aliphatic carbocycles. The number of rotatable bonds is 7. The van der Waals surface area contributed by atoms with Crippen LogP contribution in [0.1, 0.15) is 36.4 Å². The summed E-state index contributed by atoms with van der Waals surface area (Å²) in [5.41, 5.74) is 0.0982. The van der Waals surface area contributed by atoms with Crippen LogP contribution in [0.3, 0.4) is 0 Å². The smallest absolute Gasteiger partial charge is 0.428 e. The predicted octanol–water partition coefficient (Wildman–Crippen LogP) is 4.71. The molecule has 1 aliphatic rings. The minimum atomic E-state index is -4.87. The Kier molecular flexibility index (Phi) is 6.95. The Labute approximate surface area is 178 Å². The molecule has 11 heteroatoms. The molecule has 1 saturated carbocycles. The van der Waals surface area contributed by atoms with Crippen LogP contribution in [0, 0.1) is 11.6 Å². The fraction of sp³-hybridized carbons (Fsp3) is 0.333. The van der Waals surface area contributed by atoms with E-state index in [-0.39, 0.29) is 16.9 Å². The van der Waals surface area contributed by atoms with Crippen LogP contribution in [-0.4, -0.2) is 30.4 Å². The van der Waals surface area contributed by atoms with Crippen molar-refractivity contribution in [3.8, 4) is 5.75 Å². The van der Waals surface area contributed by atoms with Gasteiger partial charge in [-0.15, -0.1) is 0 Å². The van der Waals surface area contributed by atoms with Gasteiger partial charge in [-0.2, -0.15) is 17.6 Å². The summed E-state index contributed by atoms with van der Waals surface area (Å²) in [6.45, 7) is 0. The summed E-state index contributed by atoms with van der Waals surface area (Å²) in [5, 5.41) is 4.95. The number of amides is 2. The topological polar surface area (TPSA) is 67.4 Å². The van der Waals surface area contributed by atoms with Gasteiger partial charge in [0.05, 0.1) is 12.1 Å². The second-order valence-electron chi connectivity index (χ2n) is 7.20. The van der Waals surface area contributed by atoms with Gasteiger partial charge < -0.3 is 15.4 Å². The summed E-state index contributed by atoms with van der Waals surface area (Å²) >= 11 is 0. The lowest BCUT2D eigenvalue weighted by Crippen LogP contribution is -2.45. The van der Waals surface area contributed by atoms with Crippen LogP contribution in [-0.2, 0) is 4.79 Å². The van der Waals surface area contributed by atoms with Crippen LogP contribution in [0.15, 0.2) is 42.5 Å². The molecule has 0 heterocycles. The molecule has 3 rings (SSSR count). The maximum atomic E-state index is 14.1. The minimum Gasteiger partial charge on any atom is -0.428 e. The third kappa shape index (κ3) is 5.71. The molecule has 5 nitrogen and oxygen atoms in total. The van der Waals surface area contributed by atoms with E-state index in [4.69, 9.17) is 0 Å². The SMILES string of the molecule is O=C(N[C@H](c1ccc(F)cc1)c1cc(F)cc(OC(F)(F)C(F)F)c1)N[C@@H]1CCCC1=O. The number of ketones is 1. The van der Waals surface area contributed by atoms with E-state index in [1.54, 1.807) is 0 Å². The first-order valence-electron chi connectivity index (χ1n) is 9.56. The summed E-state index contributed by atoms with van der Waals surface area (Å²) in [7, 11) is 0. The second kappa shape index (κ2) is 9.49. The van der Waals surface area contributed by atoms with Crippen LogP contribution < -0.4 is 15.4 Å². The van der Waals surface area contributed by atoms with Crippen molar-refractivity contribution in [3.05, 3.63) is 65.2 Å². The van der Waals surface area contributed by atoms with Crippen molar-refractivity contribution in [1.82, 2.24) is 10.6 Å². The van der Waals surface area contributed by atoms with Gasteiger partial charge in [-0.1, -0.05) is 12.1 Å². The molecule has 2 aromatic carbocycles. The summed E-state index contributed by atoms with van der Waals surface area (Å²) in [6.07, 6.45) is -7.67. The van der Waals surface area contributed by atoms with Crippen LogP contribution in [0.5, 0.6) is 5.75 Å². The van der Waals surface area contributed by atoms with E-state index in [1.807, 2.05) is 0 Å². The monoisotopic (exact) mass is 460 g/mol. The highest BCUT2D eigenvalue weighted by atomic mass is 19.3. The highest BCUT2D eigenvalue weighted by Crippen LogP contribution is 2.32. The quantitative estimate of drug-likeness (QED) is 0.588. The molecule has 0 aromatic heterocycles. The van der Waals surface area contributed by atoms with E-state index in [0.29, 0.717) is 25.3 Å². The van der Waals surface area contributed by atoms with E-state index >= 15 is 0 Å². The second-order valence-corrected chi connectivity index (χ2v) is 7.20. The Morgan fingerprint density at radius 2 is 1.72 bits per heavy atom. The zero-order valence-corrected chi connectivity index (χ0v) is 16.4. The van der Waals surface area contributed by atoms with Crippen molar-refractivity contribution < 1.29 is 40.7 Å². The van der Waals surface area contributed by atoms with Crippen molar-refractivity contribution in [2.45, 2.75) is 43.9 Å².